The van der Waals surface area contributed by atoms with Crippen LogP contribution in [-0.2, 0) is 6.18 Å². The minimum absolute atomic E-state index is 0.324. The van der Waals surface area contributed by atoms with Crippen LogP contribution in [-0.4, -0.2) is 4.98 Å². The Morgan fingerprint density at radius 3 is 1.96 bits per heavy atom. The summed E-state index contributed by atoms with van der Waals surface area (Å²) in [6.07, 6.45) is -4.36. The van der Waals surface area contributed by atoms with Gasteiger partial charge in [-0.15, -0.1) is 11.3 Å². The van der Waals surface area contributed by atoms with Gasteiger partial charge in [0.1, 0.15) is 0 Å². The highest BCUT2D eigenvalue weighted by atomic mass is 35.5. The fourth-order valence-electron chi connectivity index (χ4n) is 2.10. The van der Waals surface area contributed by atoms with E-state index in [-0.39, 0.29) is 0 Å². The number of nitrogens with zero attached hydrogens (tertiary/aromatic N) is 1. The van der Waals surface area contributed by atoms with E-state index in [0.717, 1.165) is 22.6 Å². The lowest BCUT2D eigenvalue weighted by Gasteiger charge is -2.08. The van der Waals surface area contributed by atoms with Crippen molar-refractivity contribution in [3.63, 3.8) is 0 Å². The molecule has 1 heterocycles. The van der Waals surface area contributed by atoms with E-state index in [2.05, 4.69) is 4.98 Å². The van der Waals surface area contributed by atoms with Gasteiger partial charge in [0.25, 0.3) is 0 Å². The predicted molar refractivity (Wildman–Crippen MR) is 88.0 cm³/mol. The van der Waals surface area contributed by atoms with E-state index in [1.54, 1.807) is 12.1 Å². The summed E-state index contributed by atoms with van der Waals surface area (Å²) in [5.41, 5.74) is 1.28. The second-order valence-electron chi connectivity index (χ2n) is 4.73. The summed E-state index contributed by atoms with van der Waals surface area (Å²) in [6, 6.07) is 12.0. The molecule has 0 saturated carbocycles. The van der Waals surface area contributed by atoms with E-state index < -0.39 is 11.7 Å². The maximum absolute atomic E-state index is 12.7. The average molecular weight is 374 g/mol. The van der Waals surface area contributed by atoms with Crippen LogP contribution in [0.1, 0.15) is 5.56 Å². The lowest BCUT2D eigenvalue weighted by atomic mass is 10.1. The highest BCUT2D eigenvalue weighted by molar-refractivity contribution is 7.19. The normalized spacial score (nSPS) is 11.7. The molecule has 0 aliphatic heterocycles. The quantitative estimate of drug-likeness (QED) is 0.481. The molecule has 7 heteroatoms. The molecule has 0 fully saturated rings. The van der Waals surface area contributed by atoms with Crippen LogP contribution in [0.3, 0.4) is 0 Å². The lowest BCUT2D eigenvalue weighted by molar-refractivity contribution is -0.137. The van der Waals surface area contributed by atoms with Crippen LogP contribution in [0, 0.1) is 0 Å². The van der Waals surface area contributed by atoms with Gasteiger partial charge in [0.15, 0.2) is 4.47 Å². The fourth-order valence-corrected chi connectivity index (χ4v) is 3.37. The molecule has 0 spiro atoms. The van der Waals surface area contributed by atoms with Crippen molar-refractivity contribution < 1.29 is 13.2 Å². The van der Waals surface area contributed by atoms with Crippen LogP contribution in [0.5, 0.6) is 0 Å². The molecule has 1 aromatic heterocycles. The molecule has 0 unspecified atom stereocenters. The fraction of sp³-hybridized carbons (Fsp3) is 0.0625. The van der Waals surface area contributed by atoms with Crippen LogP contribution in [0.15, 0.2) is 48.5 Å². The average Bonchev–Trinajstić information content (AvgIpc) is 2.89. The first kappa shape index (κ1) is 16.3. The number of hydrogen-bond donors (Lipinski definition) is 0. The van der Waals surface area contributed by atoms with Crippen molar-refractivity contribution in [1.29, 1.82) is 0 Å². The zero-order chi connectivity index (χ0) is 16.6. The van der Waals surface area contributed by atoms with Crippen LogP contribution in [0.25, 0.3) is 21.7 Å². The van der Waals surface area contributed by atoms with Gasteiger partial charge in [-0.1, -0.05) is 47.5 Å². The third-order valence-corrected chi connectivity index (χ3v) is 4.65. The highest BCUT2D eigenvalue weighted by Gasteiger charge is 2.30. The van der Waals surface area contributed by atoms with Crippen molar-refractivity contribution in [2.75, 3.05) is 0 Å². The summed E-state index contributed by atoms with van der Waals surface area (Å²) in [6.45, 7) is 0. The van der Waals surface area contributed by atoms with Crippen molar-refractivity contribution in [3.05, 3.63) is 63.6 Å². The zero-order valence-electron chi connectivity index (χ0n) is 11.4. The Labute approximate surface area is 144 Å². The predicted octanol–water partition coefficient (Wildman–Crippen LogP) is 6.80. The lowest BCUT2D eigenvalue weighted by Crippen LogP contribution is -2.04. The molecule has 0 saturated heterocycles. The first-order valence-corrected chi connectivity index (χ1v) is 8.02. The second-order valence-corrected chi connectivity index (χ2v) is 6.74. The highest BCUT2D eigenvalue weighted by Crippen LogP contribution is 2.40. The molecule has 0 aliphatic rings. The Bertz CT molecular complexity index is 824. The molecular weight excluding hydrogens is 366 g/mol. The Morgan fingerprint density at radius 1 is 0.826 bits per heavy atom. The van der Waals surface area contributed by atoms with Crippen molar-refractivity contribution in [2.45, 2.75) is 6.18 Å². The summed E-state index contributed by atoms with van der Waals surface area (Å²) in [5, 5.41) is 0.598. The van der Waals surface area contributed by atoms with Crippen LogP contribution in [0.2, 0.25) is 9.49 Å². The van der Waals surface area contributed by atoms with E-state index in [4.69, 9.17) is 23.2 Å². The molecule has 0 radical (unpaired) electrons. The van der Waals surface area contributed by atoms with Crippen LogP contribution >= 0.6 is 34.5 Å². The number of thiazole rings is 1. The van der Waals surface area contributed by atoms with E-state index in [9.17, 15) is 13.2 Å². The Balaban J connectivity index is 2.05. The molecule has 0 aliphatic carbocycles. The van der Waals surface area contributed by atoms with E-state index in [1.807, 2.05) is 12.1 Å². The molecule has 0 atom stereocenters. The Morgan fingerprint density at radius 2 is 1.39 bits per heavy atom. The van der Waals surface area contributed by atoms with Crippen LogP contribution in [0.4, 0.5) is 13.2 Å². The van der Waals surface area contributed by atoms with Gasteiger partial charge in [0, 0.05) is 10.6 Å². The zero-order valence-corrected chi connectivity index (χ0v) is 13.7. The number of halogens is 5. The third kappa shape index (κ3) is 3.52. The smallest absolute Gasteiger partial charge is 0.224 e. The first-order valence-electron chi connectivity index (χ1n) is 6.44. The monoisotopic (exact) mass is 373 g/mol. The Hall–Kier alpha value is -1.56. The summed E-state index contributed by atoms with van der Waals surface area (Å²) in [4.78, 5) is 5.02. The molecule has 1 nitrogen and oxygen atoms in total. The maximum Gasteiger partial charge on any atom is 0.416 e. The topological polar surface area (TPSA) is 12.9 Å². The van der Waals surface area contributed by atoms with Gasteiger partial charge in [-0.2, -0.15) is 13.2 Å². The Kier molecular flexibility index (Phi) is 4.36. The number of aromatic nitrogens is 1. The van der Waals surface area contributed by atoms with Gasteiger partial charge >= 0.3 is 6.18 Å². The van der Waals surface area contributed by atoms with Gasteiger partial charge < -0.3 is 0 Å². The van der Waals surface area contributed by atoms with E-state index in [1.165, 1.54) is 23.5 Å². The summed E-state index contributed by atoms with van der Waals surface area (Å²) in [7, 11) is 0. The molecule has 0 bridgehead atoms. The number of alkyl halides is 3. The minimum Gasteiger partial charge on any atom is -0.224 e. The SMILES string of the molecule is FC(F)(F)c1ccc(-c2nc(Cl)sc2-c2ccc(Cl)cc2)cc1. The van der Waals surface area contributed by atoms with E-state index >= 15 is 0 Å². The molecule has 3 rings (SSSR count). The molecule has 118 valence electrons. The van der Waals surface area contributed by atoms with Crippen LogP contribution < -0.4 is 0 Å². The van der Waals surface area contributed by atoms with Crippen molar-refractivity contribution in [2.24, 2.45) is 0 Å². The number of hydrogen-bond acceptors (Lipinski definition) is 2. The first-order chi connectivity index (χ1) is 10.8. The molecule has 0 amide bonds. The molecule has 23 heavy (non-hydrogen) atoms. The van der Waals surface area contributed by atoms with Gasteiger partial charge in [0.05, 0.1) is 16.1 Å². The van der Waals surface area contributed by atoms with Crippen molar-refractivity contribution in [3.8, 4) is 21.7 Å². The summed E-state index contributed by atoms with van der Waals surface area (Å²) < 4.78 is 38.3. The van der Waals surface area contributed by atoms with Gasteiger partial charge in [0.2, 0.25) is 0 Å². The second kappa shape index (κ2) is 6.15. The summed E-state index contributed by atoms with van der Waals surface area (Å²) in [5.74, 6) is 0. The molecule has 2 aromatic carbocycles. The molecular formula is C16H8Cl2F3NS. The van der Waals surface area contributed by atoms with Gasteiger partial charge in [-0.3, -0.25) is 0 Å². The third-order valence-electron chi connectivity index (χ3n) is 3.19. The van der Waals surface area contributed by atoms with Gasteiger partial charge in [-0.05, 0) is 29.8 Å². The molecule has 3 aromatic rings. The summed E-state index contributed by atoms with van der Waals surface area (Å²) >= 11 is 13.1. The number of rotatable bonds is 2. The standard InChI is InChI=1S/C16H8Cl2F3NS/c17-12-7-3-10(4-8-12)14-13(22-15(18)23-14)9-1-5-11(6-2-9)16(19,20)21/h1-8H. The van der Waals surface area contributed by atoms with Gasteiger partial charge in [-0.25, -0.2) is 4.98 Å². The van der Waals surface area contributed by atoms with E-state index in [0.29, 0.717) is 20.7 Å². The largest absolute Gasteiger partial charge is 0.416 e. The maximum atomic E-state index is 12.7. The minimum atomic E-state index is -4.36. The van der Waals surface area contributed by atoms with Crippen molar-refractivity contribution in [1.82, 2.24) is 4.98 Å². The molecule has 0 N–H and O–H groups in total. The van der Waals surface area contributed by atoms with Crippen molar-refractivity contribution >= 4 is 34.5 Å². The number of benzene rings is 2.